The first-order chi connectivity index (χ1) is 10.6. The molecular weight excluding hydrogens is 310 g/mol. The number of carbonyl (C=O) groups is 1. The van der Waals surface area contributed by atoms with Crippen LogP contribution in [0.4, 0.5) is 5.69 Å². The number of hydrazone groups is 1. The number of hydrogen-bond donors (Lipinski definition) is 1. The van der Waals surface area contributed by atoms with Gasteiger partial charge in [-0.3, -0.25) is 14.9 Å². The minimum Gasteiger partial charge on any atom is -0.454 e. The average molecular weight is 319 g/mol. The molecule has 1 aliphatic rings. The van der Waals surface area contributed by atoms with Crippen molar-refractivity contribution in [2.24, 2.45) is 5.10 Å². The number of benzene rings is 1. The van der Waals surface area contributed by atoms with Crippen molar-refractivity contribution in [2.45, 2.75) is 0 Å². The Balaban J connectivity index is 1.83. The Labute approximate surface area is 128 Å². The predicted octanol–water partition coefficient (Wildman–Crippen LogP) is 2.15. The van der Waals surface area contributed by atoms with Gasteiger partial charge in [-0.1, -0.05) is 6.07 Å². The van der Waals surface area contributed by atoms with Crippen LogP contribution in [0.3, 0.4) is 0 Å². The smallest absolute Gasteiger partial charge is 0.286 e. The fraction of sp³-hybridized carbons (Fsp3) is 0.0769. The van der Waals surface area contributed by atoms with E-state index in [1.54, 1.807) is 0 Å². The number of hydrogen-bond acceptors (Lipinski definition) is 7. The van der Waals surface area contributed by atoms with Crippen molar-refractivity contribution in [3.05, 3.63) is 50.2 Å². The van der Waals surface area contributed by atoms with Crippen molar-refractivity contribution in [2.75, 3.05) is 6.79 Å². The fourth-order valence-electron chi connectivity index (χ4n) is 1.84. The highest BCUT2D eigenvalue weighted by atomic mass is 32.1. The summed E-state index contributed by atoms with van der Waals surface area (Å²) in [6.07, 6.45) is 1.46. The molecule has 0 spiro atoms. The Morgan fingerprint density at radius 2 is 2.18 bits per heavy atom. The Kier molecular flexibility index (Phi) is 3.71. The third-order valence-corrected chi connectivity index (χ3v) is 3.64. The highest BCUT2D eigenvalue weighted by Crippen LogP contribution is 2.37. The highest BCUT2D eigenvalue weighted by molar-refractivity contribution is 7.11. The van der Waals surface area contributed by atoms with Crippen molar-refractivity contribution < 1.29 is 19.2 Å². The largest absolute Gasteiger partial charge is 0.454 e. The second kappa shape index (κ2) is 5.82. The minimum atomic E-state index is -0.696. The summed E-state index contributed by atoms with van der Waals surface area (Å²) in [5.41, 5.74) is 1.75. The molecule has 22 heavy (non-hydrogen) atoms. The van der Waals surface area contributed by atoms with Gasteiger partial charge in [0.05, 0.1) is 17.2 Å². The van der Waals surface area contributed by atoms with Crippen molar-refractivity contribution in [1.82, 2.24) is 5.43 Å². The van der Waals surface area contributed by atoms with Gasteiger partial charge in [0.15, 0.2) is 11.5 Å². The van der Waals surface area contributed by atoms with Crippen LogP contribution >= 0.6 is 11.3 Å². The van der Waals surface area contributed by atoms with E-state index in [2.05, 4.69) is 10.5 Å². The van der Waals surface area contributed by atoms with Crippen molar-refractivity contribution >= 4 is 29.1 Å². The number of nitro benzene ring substituents is 1. The molecule has 8 nitrogen and oxygen atoms in total. The Hall–Kier alpha value is -2.94. The molecule has 1 aromatic heterocycles. The van der Waals surface area contributed by atoms with Crippen LogP contribution < -0.4 is 14.9 Å². The zero-order valence-electron chi connectivity index (χ0n) is 11.0. The molecule has 2 heterocycles. The topological polar surface area (TPSA) is 103 Å². The van der Waals surface area contributed by atoms with Crippen LogP contribution in [0.5, 0.6) is 11.5 Å². The highest BCUT2D eigenvalue weighted by Gasteiger charge is 2.27. The summed E-state index contributed by atoms with van der Waals surface area (Å²) < 4.78 is 10.2. The van der Waals surface area contributed by atoms with E-state index in [1.807, 2.05) is 17.5 Å². The number of rotatable bonds is 4. The van der Waals surface area contributed by atoms with Gasteiger partial charge in [0, 0.05) is 10.9 Å². The van der Waals surface area contributed by atoms with Gasteiger partial charge >= 0.3 is 0 Å². The normalized spacial score (nSPS) is 12.5. The fourth-order valence-corrected chi connectivity index (χ4v) is 2.43. The third kappa shape index (κ3) is 2.74. The SMILES string of the molecule is O=C(N/N=C/c1cccs1)c1cc2c(cc1[N+](=O)[O-])OCO2. The first-order valence-electron chi connectivity index (χ1n) is 6.10. The van der Waals surface area contributed by atoms with Crippen molar-refractivity contribution in [3.8, 4) is 11.5 Å². The minimum absolute atomic E-state index is 0.0336. The maximum atomic E-state index is 12.1. The molecule has 3 rings (SSSR count). The molecule has 0 saturated carbocycles. The number of fused-ring (bicyclic) bond motifs is 1. The summed E-state index contributed by atoms with van der Waals surface area (Å²) in [5.74, 6) is -0.166. The number of ether oxygens (including phenoxy) is 2. The number of nitro groups is 1. The molecule has 0 radical (unpaired) electrons. The van der Waals surface area contributed by atoms with Gasteiger partial charge in [-0.05, 0) is 11.4 Å². The molecule has 1 N–H and O–H groups in total. The van der Waals surface area contributed by atoms with Crippen LogP contribution in [0, 0.1) is 10.1 Å². The van der Waals surface area contributed by atoms with E-state index < -0.39 is 10.8 Å². The maximum absolute atomic E-state index is 12.1. The maximum Gasteiger partial charge on any atom is 0.286 e. The van der Waals surface area contributed by atoms with E-state index in [0.717, 1.165) is 4.88 Å². The van der Waals surface area contributed by atoms with Crippen molar-refractivity contribution in [3.63, 3.8) is 0 Å². The van der Waals surface area contributed by atoms with Gasteiger partial charge < -0.3 is 9.47 Å². The lowest BCUT2D eigenvalue weighted by atomic mass is 10.1. The van der Waals surface area contributed by atoms with Gasteiger partial charge in [0.2, 0.25) is 6.79 Å². The van der Waals surface area contributed by atoms with Crippen LogP contribution in [0.2, 0.25) is 0 Å². The van der Waals surface area contributed by atoms with Crippen LogP contribution in [0.15, 0.2) is 34.7 Å². The molecule has 0 atom stereocenters. The molecule has 0 fully saturated rings. The van der Waals surface area contributed by atoms with Gasteiger partial charge in [-0.25, -0.2) is 5.43 Å². The lowest BCUT2D eigenvalue weighted by Crippen LogP contribution is -2.19. The molecule has 1 aliphatic heterocycles. The summed E-state index contributed by atoms with van der Waals surface area (Å²) >= 11 is 1.45. The molecule has 2 aromatic rings. The quantitative estimate of drug-likeness (QED) is 0.528. The zero-order valence-corrected chi connectivity index (χ0v) is 11.8. The molecule has 0 aliphatic carbocycles. The summed E-state index contributed by atoms with van der Waals surface area (Å²) in [7, 11) is 0. The Morgan fingerprint density at radius 1 is 1.41 bits per heavy atom. The van der Waals surface area contributed by atoms with E-state index in [-0.39, 0.29) is 29.5 Å². The lowest BCUT2D eigenvalue weighted by molar-refractivity contribution is -0.385. The molecule has 0 saturated heterocycles. The number of thiophene rings is 1. The van der Waals surface area contributed by atoms with Crippen LogP contribution in [0.25, 0.3) is 0 Å². The van der Waals surface area contributed by atoms with E-state index in [9.17, 15) is 14.9 Å². The first-order valence-corrected chi connectivity index (χ1v) is 6.98. The predicted molar refractivity (Wildman–Crippen MR) is 78.6 cm³/mol. The van der Waals surface area contributed by atoms with Crippen LogP contribution in [-0.4, -0.2) is 23.8 Å². The van der Waals surface area contributed by atoms with E-state index in [1.165, 1.54) is 29.7 Å². The molecular formula is C13H9N3O5S. The summed E-state index contributed by atoms with van der Waals surface area (Å²) in [6, 6.07) is 6.11. The van der Waals surface area contributed by atoms with Gasteiger partial charge in [0.1, 0.15) is 5.56 Å². The third-order valence-electron chi connectivity index (χ3n) is 2.83. The Bertz CT molecular complexity index is 757. The molecule has 112 valence electrons. The average Bonchev–Trinajstić information content (AvgIpc) is 3.16. The van der Waals surface area contributed by atoms with Crippen molar-refractivity contribution in [1.29, 1.82) is 0 Å². The lowest BCUT2D eigenvalue weighted by Gasteiger charge is -2.03. The van der Waals surface area contributed by atoms with Gasteiger partial charge in [-0.15, -0.1) is 11.3 Å². The van der Waals surface area contributed by atoms with E-state index >= 15 is 0 Å². The zero-order chi connectivity index (χ0) is 15.5. The van der Waals surface area contributed by atoms with Gasteiger partial charge in [0.25, 0.3) is 11.6 Å². The summed E-state index contributed by atoms with van der Waals surface area (Å²) in [5, 5.41) is 16.7. The van der Waals surface area contributed by atoms with Crippen LogP contribution in [0.1, 0.15) is 15.2 Å². The number of amides is 1. The molecule has 1 amide bonds. The molecule has 1 aromatic carbocycles. The first kappa shape index (κ1) is 14.0. The second-order valence-electron chi connectivity index (χ2n) is 4.19. The number of nitrogens with one attached hydrogen (secondary N) is 1. The van der Waals surface area contributed by atoms with E-state index in [4.69, 9.17) is 9.47 Å². The number of nitrogens with zero attached hydrogens (tertiary/aromatic N) is 2. The summed E-state index contributed by atoms with van der Waals surface area (Å²) in [6.45, 7) is -0.0336. The molecule has 0 bridgehead atoms. The summed E-state index contributed by atoms with van der Waals surface area (Å²) in [4.78, 5) is 23.3. The monoisotopic (exact) mass is 319 g/mol. The Morgan fingerprint density at radius 3 is 2.86 bits per heavy atom. The van der Waals surface area contributed by atoms with Gasteiger partial charge in [-0.2, -0.15) is 5.10 Å². The standard InChI is InChI=1S/C13H9N3O5S/c17-13(15-14-6-8-2-1-3-22-8)9-4-11-12(21-7-20-11)5-10(9)16(18)19/h1-6H,7H2,(H,15,17)/b14-6+. The molecule has 9 heteroatoms. The second-order valence-corrected chi connectivity index (χ2v) is 5.17. The van der Waals surface area contributed by atoms with Crippen LogP contribution in [-0.2, 0) is 0 Å². The number of carbonyl (C=O) groups excluding carboxylic acids is 1. The van der Waals surface area contributed by atoms with E-state index in [0.29, 0.717) is 0 Å². The molecule has 0 unspecified atom stereocenters.